The molecule has 0 heterocycles. The average Bonchev–Trinajstić information content (AvgIpc) is 1.89. The predicted molar refractivity (Wildman–Crippen MR) is 40.0 cm³/mol. The summed E-state index contributed by atoms with van der Waals surface area (Å²) in [4.78, 5) is 0. The SMILES string of the molecule is C=C[C@@H]1C(N)C(C)[C@@H]1C. The van der Waals surface area contributed by atoms with E-state index < -0.39 is 0 Å². The molecule has 0 bridgehead atoms. The van der Waals surface area contributed by atoms with Crippen LogP contribution in [0.3, 0.4) is 0 Å². The minimum atomic E-state index is 0.373. The molecular formula is C8H15N. The fraction of sp³-hybridized carbons (Fsp3) is 0.750. The monoisotopic (exact) mass is 125 g/mol. The molecule has 0 aromatic rings. The quantitative estimate of drug-likeness (QED) is 0.527. The molecule has 9 heavy (non-hydrogen) atoms. The number of hydrogen-bond donors (Lipinski definition) is 1. The molecule has 4 atom stereocenters. The van der Waals surface area contributed by atoms with Crippen molar-refractivity contribution in [2.75, 3.05) is 0 Å². The fourth-order valence-electron chi connectivity index (χ4n) is 1.63. The zero-order valence-corrected chi connectivity index (χ0v) is 6.17. The van der Waals surface area contributed by atoms with Gasteiger partial charge >= 0.3 is 0 Å². The van der Waals surface area contributed by atoms with E-state index in [9.17, 15) is 0 Å². The maximum atomic E-state index is 5.80. The van der Waals surface area contributed by atoms with Crippen molar-refractivity contribution in [1.82, 2.24) is 0 Å². The molecule has 0 spiro atoms. The Labute approximate surface area is 56.9 Å². The third-order valence-corrected chi connectivity index (χ3v) is 2.76. The molecule has 1 heteroatoms. The average molecular weight is 125 g/mol. The van der Waals surface area contributed by atoms with E-state index >= 15 is 0 Å². The van der Waals surface area contributed by atoms with Crippen molar-refractivity contribution in [1.29, 1.82) is 0 Å². The van der Waals surface area contributed by atoms with Crippen LogP contribution in [0.5, 0.6) is 0 Å². The molecule has 52 valence electrons. The minimum Gasteiger partial charge on any atom is -0.327 e. The Morgan fingerprint density at radius 2 is 1.89 bits per heavy atom. The van der Waals surface area contributed by atoms with Crippen molar-refractivity contribution >= 4 is 0 Å². The van der Waals surface area contributed by atoms with Crippen LogP contribution in [0.4, 0.5) is 0 Å². The normalized spacial score (nSPS) is 50.1. The third kappa shape index (κ3) is 0.799. The van der Waals surface area contributed by atoms with Gasteiger partial charge in [0.25, 0.3) is 0 Å². The molecule has 2 unspecified atom stereocenters. The van der Waals surface area contributed by atoms with Crippen LogP contribution in [-0.2, 0) is 0 Å². The number of nitrogens with two attached hydrogens (primary N) is 1. The molecule has 1 aliphatic carbocycles. The zero-order chi connectivity index (χ0) is 7.02. The van der Waals surface area contributed by atoms with Crippen molar-refractivity contribution in [2.45, 2.75) is 19.9 Å². The highest BCUT2D eigenvalue weighted by Gasteiger charge is 2.40. The summed E-state index contributed by atoms with van der Waals surface area (Å²) in [6.45, 7) is 8.18. The maximum absolute atomic E-state index is 5.80. The molecule has 0 aromatic heterocycles. The van der Waals surface area contributed by atoms with Crippen LogP contribution in [0, 0.1) is 17.8 Å². The molecule has 2 N–H and O–H groups in total. The summed E-state index contributed by atoms with van der Waals surface area (Å²) in [6, 6.07) is 0.373. The largest absolute Gasteiger partial charge is 0.327 e. The van der Waals surface area contributed by atoms with Crippen molar-refractivity contribution in [3.05, 3.63) is 12.7 Å². The minimum absolute atomic E-state index is 0.373. The van der Waals surface area contributed by atoms with Crippen LogP contribution in [0.1, 0.15) is 13.8 Å². The van der Waals surface area contributed by atoms with Crippen LogP contribution in [0.15, 0.2) is 12.7 Å². The molecule has 1 aliphatic rings. The van der Waals surface area contributed by atoms with Gasteiger partial charge in [-0.25, -0.2) is 0 Å². The van der Waals surface area contributed by atoms with E-state index in [1.54, 1.807) is 0 Å². The van der Waals surface area contributed by atoms with Gasteiger partial charge in [-0.2, -0.15) is 0 Å². The summed E-state index contributed by atoms with van der Waals surface area (Å²) < 4.78 is 0. The van der Waals surface area contributed by atoms with E-state index in [2.05, 4.69) is 20.4 Å². The van der Waals surface area contributed by atoms with E-state index in [0.29, 0.717) is 17.9 Å². The van der Waals surface area contributed by atoms with Gasteiger partial charge in [-0.05, 0) is 17.8 Å². The Balaban J connectivity index is 2.50. The summed E-state index contributed by atoms with van der Waals surface area (Å²) in [7, 11) is 0. The standard InChI is InChI=1S/C8H15N/c1-4-7-5(2)6(3)8(7)9/h4-8H,1,9H2,2-3H3/t5-,6?,7-,8?/m0/s1. The highest BCUT2D eigenvalue weighted by Crippen LogP contribution is 2.38. The maximum Gasteiger partial charge on any atom is 0.0133 e. The lowest BCUT2D eigenvalue weighted by Crippen LogP contribution is -2.52. The van der Waals surface area contributed by atoms with E-state index in [-0.39, 0.29) is 0 Å². The predicted octanol–water partition coefficient (Wildman–Crippen LogP) is 1.40. The van der Waals surface area contributed by atoms with Crippen molar-refractivity contribution in [2.24, 2.45) is 23.5 Å². The molecule has 0 saturated heterocycles. The molecule has 0 amide bonds. The van der Waals surface area contributed by atoms with Crippen molar-refractivity contribution in [3.63, 3.8) is 0 Å². The molecular weight excluding hydrogens is 110 g/mol. The summed E-state index contributed by atoms with van der Waals surface area (Å²) in [6.07, 6.45) is 1.98. The van der Waals surface area contributed by atoms with E-state index in [1.807, 2.05) is 6.08 Å². The Morgan fingerprint density at radius 1 is 1.33 bits per heavy atom. The zero-order valence-electron chi connectivity index (χ0n) is 6.17. The lowest BCUT2D eigenvalue weighted by molar-refractivity contribution is 0.103. The summed E-state index contributed by atoms with van der Waals surface area (Å²) in [5.74, 6) is 2.01. The Hall–Kier alpha value is -0.300. The second-order valence-corrected chi connectivity index (χ2v) is 3.11. The van der Waals surface area contributed by atoms with E-state index in [0.717, 1.165) is 5.92 Å². The van der Waals surface area contributed by atoms with Gasteiger partial charge < -0.3 is 5.73 Å². The lowest BCUT2D eigenvalue weighted by atomic mass is 9.63. The molecule has 0 aromatic carbocycles. The molecule has 1 rings (SSSR count). The first kappa shape index (κ1) is 6.81. The summed E-state index contributed by atoms with van der Waals surface area (Å²) in [5, 5.41) is 0. The van der Waals surface area contributed by atoms with Gasteiger partial charge in [0, 0.05) is 6.04 Å². The highest BCUT2D eigenvalue weighted by molar-refractivity contribution is 5.03. The first-order valence-electron chi connectivity index (χ1n) is 3.56. The Bertz CT molecular complexity index is 110. The van der Waals surface area contributed by atoms with Gasteiger partial charge in [-0.3, -0.25) is 0 Å². The van der Waals surface area contributed by atoms with Crippen molar-refractivity contribution in [3.8, 4) is 0 Å². The van der Waals surface area contributed by atoms with Crippen LogP contribution in [0.25, 0.3) is 0 Å². The Morgan fingerprint density at radius 3 is 2.11 bits per heavy atom. The smallest absolute Gasteiger partial charge is 0.0133 e. The highest BCUT2D eigenvalue weighted by atomic mass is 14.7. The fourth-order valence-corrected chi connectivity index (χ4v) is 1.63. The van der Waals surface area contributed by atoms with Crippen LogP contribution in [0.2, 0.25) is 0 Å². The Kier molecular flexibility index (Phi) is 1.62. The third-order valence-electron chi connectivity index (χ3n) is 2.76. The van der Waals surface area contributed by atoms with E-state index in [1.165, 1.54) is 0 Å². The number of hydrogen-bond acceptors (Lipinski definition) is 1. The molecule has 1 nitrogen and oxygen atoms in total. The van der Waals surface area contributed by atoms with Gasteiger partial charge in [-0.1, -0.05) is 19.9 Å². The van der Waals surface area contributed by atoms with Gasteiger partial charge in [0.1, 0.15) is 0 Å². The van der Waals surface area contributed by atoms with Gasteiger partial charge in [-0.15, -0.1) is 6.58 Å². The topological polar surface area (TPSA) is 26.0 Å². The lowest BCUT2D eigenvalue weighted by Gasteiger charge is -2.45. The second kappa shape index (κ2) is 2.14. The van der Waals surface area contributed by atoms with Crippen LogP contribution in [-0.4, -0.2) is 6.04 Å². The number of rotatable bonds is 1. The second-order valence-electron chi connectivity index (χ2n) is 3.11. The molecule has 0 radical (unpaired) electrons. The first-order valence-corrected chi connectivity index (χ1v) is 3.56. The summed E-state index contributed by atoms with van der Waals surface area (Å²) >= 11 is 0. The molecule has 1 fully saturated rings. The van der Waals surface area contributed by atoms with E-state index in [4.69, 9.17) is 5.73 Å². The van der Waals surface area contributed by atoms with Crippen molar-refractivity contribution < 1.29 is 0 Å². The molecule has 1 saturated carbocycles. The summed E-state index contributed by atoms with van der Waals surface area (Å²) in [5.41, 5.74) is 5.80. The molecule has 0 aliphatic heterocycles. The van der Waals surface area contributed by atoms with Crippen LogP contribution < -0.4 is 5.73 Å². The van der Waals surface area contributed by atoms with Gasteiger partial charge in [0.15, 0.2) is 0 Å². The van der Waals surface area contributed by atoms with Gasteiger partial charge in [0.2, 0.25) is 0 Å². The van der Waals surface area contributed by atoms with Crippen LogP contribution >= 0.6 is 0 Å². The first-order chi connectivity index (χ1) is 4.18. The van der Waals surface area contributed by atoms with Gasteiger partial charge in [0.05, 0.1) is 0 Å².